The zero-order valence-corrected chi connectivity index (χ0v) is 17.5. The number of carboxylic acid groups (broad SMARTS) is 1. The molecule has 0 unspecified atom stereocenters. The number of fused-ring (bicyclic) bond motifs is 3. The number of ether oxygens (including phenoxy) is 1. The minimum absolute atomic E-state index is 0.0172. The molecule has 0 bridgehead atoms. The number of benzene rings is 2. The number of nitrogens with one attached hydrogen (secondary N) is 2. The fourth-order valence-electron chi connectivity index (χ4n) is 4.27. The number of nitrogens with zero attached hydrogens (tertiary/aromatic N) is 1. The highest BCUT2D eigenvalue weighted by Gasteiger charge is 2.43. The van der Waals surface area contributed by atoms with E-state index in [4.69, 9.17) is 14.4 Å². The molecule has 1 heterocycles. The van der Waals surface area contributed by atoms with E-state index in [0.29, 0.717) is 6.42 Å². The fourth-order valence-corrected chi connectivity index (χ4v) is 4.27. The largest absolute Gasteiger partial charge is 0.481 e. The summed E-state index contributed by atoms with van der Waals surface area (Å²) in [7, 11) is 0. The first-order valence-electron chi connectivity index (χ1n) is 10.6. The van der Waals surface area contributed by atoms with Crippen molar-refractivity contribution in [3.8, 4) is 11.1 Å². The summed E-state index contributed by atoms with van der Waals surface area (Å²) in [5.41, 5.74) is 4.45. The van der Waals surface area contributed by atoms with Crippen LogP contribution < -0.4 is 10.6 Å². The maximum atomic E-state index is 12.3. The van der Waals surface area contributed by atoms with Crippen molar-refractivity contribution in [2.45, 2.75) is 12.3 Å². The van der Waals surface area contributed by atoms with Crippen LogP contribution in [0.15, 0.2) is 59.1 Å². The molecule has 3 N–H and O–H groups in total. The van der Waals surface area contributed by atoms with Gasteiger partial charge in [-0.2, -0.15) is 0 Å². The average Bonchev–Trinajstić information content (AvgIpc) is 3.35. The molecule has 0 aliphatic heterocycles. The number of amides is 2. The second kappa shape index (κ2) is 8.42. The average molecular weight is 447 g/mol. The molecule has 2 aromatic carbocycles. The normalized spacial score (nSPS) is 18.2. The molecule has 2 amide bonds. The van der Waals surface area contributed by atoms with E-state index in [0.717, 1.165) is 22.3 Å². The lowest BCUT2D eigenvalue weighted by atomic mass is 9.98. The molecule has 1 saturated carbocycles. The van der Waals surface area contributed by atoms with Crippen LogP contribution in [0.25, 0.3) is 11.1 Å². The molecule has 9 heteroatoms. The second-order valence-electron chi connectivity index (χ2n) is 8.18. The van der Waals surface area contributed by atoms with Crippen LogP contribution in [0.5, 0.6) is 0 Å². The molecule has 9 nitrogen and oxygen atoms in total. The summed E-state index contributed by atoms with van der Waals surface area (Å²) < 4.78 is 10.4. The summed E-state index contributed by atoms with van der Waals surface area (Å²) in [6.45, 7) is 0.394. The Morgan fingerprint density at radius 1 is 1.06 bits per heavy atom. The minimum Gasteiger partial charge on any atom is -0.481 e. The Morgan fingerprint density at radius 2 is 1.73 bits per heavy atom. The van der Waals surface area contributed by atoms with Gasteiger partial charge in [-0.15, -0.1) is 0 Å². The molecule has 3 aromatic rings. The van der Waals surface area contributed by atoms with E-state index in [-0.39, 0.29) is 36.6 Å². The quantitative estimate of drug-likeness (QED) is 0.505. The van der Waals surface area contributed by atoms with Crippen LogP contribution in [0.2, 0.25) is 0 Å². The summed E-state index contributed by atoms with van der Waals surface area (Å²) in [6.07, 6.45) is -0.175. The number of aromatic nitrogens is 1. The number of carbonyl (C=O) groups is 3. The Hall–Kier alpha value is -4.14. The van der Waals surface area contributed by atoms with Gasteiger partial charge in [0, 0.05) is 18.5 Å². The Kier molecular flexibility index (Phi) is 5.29. The molecule has 33 heavy (non-hydrogen) atoms. The van der Waals surface area contributed by atoms with Gasteiger partial charge in [0.25, 0.3) is 5.91 Å². The number of anilines is 1. The molecule has 0 saturated heterocycles. The number of rotatable bonds is 7. The molecule has 0 radical (unpaired) electrons. The number of aliphatic carboxylic acids is 1. The Balaban J connectivity index is 1.15. The standard InChI is InChI=1S/C24H21N3O6/c28-22(25-11-13-9-18(13)23(29)30)20-10-21(33-27-20)26-24(31)32-12-19-16-7-3-1-5-14(16)15-6-2-4-8-17(15)19/h1-8,10,13,18-19H,9,11-12H2,(H,25,28)(H,26,31)(H,29,30)/t13-,18-/m1/s1. The summed E-state index contributed by atoms with van der Waals surface area (Å²) in [6, 6.07) is 17.4. The van der Waals surface area contributed by atoms with E-state index < -0.39 is 23.9 Å². The maximum Gasteiger partial charge on any atom is 0.414 e. The van der Waals surface area contributed by atoms with Gasteiger partial charge in [-0.25, -0.2) is 4.79 Å². The molecular formula is C24H21N3O6. The summed E-state index contributed by atoms with van der Waals surface area (Å²) in [5, 5.41) is 17.6. The highest BCUT2D eigenvalue weighted by molar-refractivity contribution is 5.94. The first-order valence-corrected chi connectivity index (χ1v) is 10.6. The van der Waals surface area contributed by atoms with Crippen molar-refractivity contribution in [3.05, 3.63) is 71.4 Å². The van der Waals surface area contributed by atoms with Crippen LogP contribution in [0.4, 0.5) is 10.7 Å². The number of hydrogen-bond acceptors (Lipinski definition) is 6. The third kappa shape index (κ3) is 4.17. The van der Waals surface area contributed by atoms with Gasteiger partial charge in [-0.05, 0) is 34.6 Å². The third-order valence-electron chi connectivity index (χ3n) is 6.08. The van der Waals surface area contributed by atoms with Gasteiger partial charge in [0.2, 0.25) is 5.88 Å². The lowest BCUT2D eigenvalue weighted by molar-refractivity contribution is -0.138. The van der Waals surface area contributed by atoms with Gasteiger partial charge < -0.3 is 19.7 Å². The van der Waals surface area contributed by atoms with Gasteiger partial charge in [-0.3, -0.25) is 14.9 Å². The predicted octanol–water partition coefficient (Wildman–Crippen LogP) is 3.49. The first-order chi connectivity index (χ1) is 16.0. The van der Waals surface area contributed by atoms with Crippen molar-refractivity contribution in [2.24, 2.45) is 11.8 Å². The molecule has 2 atom stereocenters. The molecule has 1 aromatic heterocycles. The van der Waals surface area contributed by atoms with Crippen LogP contribution in [0.1, 0.15) is 34.0 Å². The van der Waals surface area contributed by atoms with Crippen molar-refractivity contribution in [1.29, 1.82) is 0 Å². The lowest BCUT2D eigenvalue weighted by Gasteiger charge is -2.13. The maximum absolute atomic E-state index is 12.3. The number of carbonyl (C=O) groups excluding carboxylic acids is 2. The van der Waals surface area contributed by atoms with Crippen molar-refractivity contribution in [3.63, 3.8) is 0 Å². The van der Waals surface area contributed by atoms with Crippen LogP contribution in [0, 0.1) is 11.8 Å². The Morgan fingerprint density at radius 3 is 2.36 bits per heavy atom. The Bertz CT molecular complexity index is 1190. The van der Waals surface area contributed by atoms with Crippen molar-refractivity contribution < 1.29 is 28.8 Å². The molecule has 1 fully saturated rings. The van der Waals surface area contributed by atoms with Gasteiger partial charge in [0.1, 0.15) is 6.61 Å². The third-order valence-corrected chi connectivity index (χ3v) is 6.08. The van der Waals surface area contributed by atoms with Crippen LogP contribution in [-0.4, -0.2) is 41.4 Å². The van der Waals surface area contributed by atoms with Gasteiger partial charge >= 0.3 is 12.1 Å². The van der Waals surface area contributed by atoms with Crippen molar-refractivity contribution >= 4 is 23.9 Å². The van der Waals surface area contributed by atoms with Crippen LogP contribution in [-0.2, 0) is 9.53 Å². The summed E-state index contributed by atoms with van der Waals surface area (Å²) in [5.74, 6) is -1.94. The summed E-state index contributed by atoms with van der Waals surface area (Å²) in [4.78, 5) is 35.3. The smallest absolute Gasteiger partial charge is 0.414 e. The zero-order valence-electron chi connectivity index (χ0n) is 17.5. The fraction of sp³-hybridized carbons (Fsp3) is 0.250. The number of carboxylic acids is 1. The highest BCUT2D eigenvalue weighted by atomic mass is 16.6. The minimum atomic E-state index is -0.856. The molecule has 2 aliphatic rings. The predicted molar refractivity (Wildman–Crippen MR) is 117 cm³/mol. The molecular weight excluding hydrogens is 426 g/mol. The summed E-state index contributed by atoms with van der Waals surface area (Å²) >= 11 is 0. The van der Waals surface area contributed by atoms with Crippen LogP contribution in [0.3, 0.4) is 0 Å². The first kappa shape index (κ1) is 20.7. The van der Waals surface area contributed by atoms with Crippen LogP contribution >= 0.6 is 0 Å². The van der Waals surface area contributed by atoms with E-state index in [9.17, 15) is 14.4 Å². The number of hydrogen-bond donors (Lipinski definition) is 3. The second-order valence-corrected chi connectivity index (χ2v) is 8.18. The van der Waals surface area contributed by atoms with Gasteiger partial charge in [-0.1, -0.05) is 53.7 Å². The van der Waals surface area contributed by atoms with E-state index in [1.807, 2.05) is 36.4 Å². The highest BCUT2D eigenvalue weighted by Crippen LogP contribution is 2.44. The molecule has 168 valence electrons. The SMILES string of the molecule is O=C(Nc1cc(C(=O)NC[C@H]2C[C@H]2C(=O)O)no1)OCC1c2ccccc2-c2ccccc21. The zero-order chi connectivity index (χ0) is 22.9. The molecule has 0 spiro atoms. The van der Waals surface area contributed by atoms with E-state index in [1.54, 1.807) is 0 Å². The van der Waals surface area contributed by atoms with E-state index in [1.165, 1.54) is 6.07 Å². The van der Waals surface area contributed by atoms with Crippen molar-refractivity contribution in [1.82, 2.24) is 10.5 Å². The topological polar surface area (TPSA) is 131 Å². The van der Waals surface area contributed by atoms with Gasteiger partial charge in [0.05, 0.1) is 5.92 Å². The van der Waals surface area contributed by atoms with Crippen molar-refractivity contribution in [2.75, 3.05) is 18.5 Å². The Labute approximate surface area is 188 Å². The van der Waals surface area contributed by atoms with E-state index >= 15 is 0 Å². The van der Waals surface area contributed by atoms with E-state index in [2.05, 4.69) is 27.9 Å². The monoisotopic (exact) mass is 447 g/mol. The molecule has 5 rings (SSSR count). The van der Waals surface area contributed by atoms with Gasteiger partial charge in [0.15, 0.2) is 5.69 Å². The molecule has 2 aliphatic carbocycles. The lowest BCUT2D eigenvalue weighted by Crippen LogP contribution is -2.26.